The van der Waals surface area contributed by atoms with E-state index in [2.05, 4.69) is 46.9 Å². The molecule has 0 aliphatic rings. The molecule has 0 spiro atoms. The van der Waals surface area contributed by atoms with Crippen LogP contribution in [0.1, 0.15) is 25.1 Å². The number of pyridine rings is 1. The molecule has 0 saturated carbocycles. The monoisotopic (exact) mass is 253 g/mol. The molecule has 1 nitrogen and oxygen atoms in total. The van der Waals surface area contributed by atoms with Gasteiger partial charge in [0.1, 0.15) is 0 Å². The van der Waals surface area contributed by atoms with E-state index in [-0.39, 0.29) is 0 Å². The Morgan fingerprint density at radius 1 is 1.50 bits per heavy atom. The molecule has 2 heteroatoms. The van der Waals surface area contributed by atoms with E-state index in [4.69, 9.17) is 0 Å². The highest BCUT2D eigenvalue weighted by atomic mass is 79.9. The molecule has 0 bridgehead atoms. The zero-order valence-corrected chi connectivity index (χ0v) is 10.5. The second kappa shape index (κ2) is 5.30. The SMILES string of the molecule is Cc1ccc(/C=C(\CBr)C(C)C)cn1. The Morgan fingerprint density at radius 2 is 2.21 bits per heavy atom. The number of hydrogen-bond acceptors (Lipinski definition) is 1. The van der Waals surface area contributed by atoms with Gasteiger partial charge in [0.2, 0.25) is 0 Å². The zero-order valence-electron chi connectivity index (χ0n) is 8.92. The van der Waals surface area contributed by atoms with E-state index in [1.807, 2.05) is 19.2 Å². The summed E-state index contributed by atoms with van der Waals surface area (Å²) in [6, 6.07) is 4.14. The first-order chi connectivity index (χ1) is 6.63. The summed E-state index contributed by atoms with van der Waals surface area (Å²) in [5, 5.41) is 0.929. The summed E-state index contributed by atoms with van der Waals surface area (Å²) in [6.45, 7) is 6.41. The van der Waals surface area contributed by atoms with E-state index in [0.717, 1.165) is 11.0 Å². The lowest BCUT2D eigenvalue weighted by molar-refractivity contribution is 0.780. The number of alkyl halides is 1. The van der Waals surface area contributed by atoms with Gasteiger partial charge in [-0.2, -0.15) is 0 Å². The Hall–Kier alpha value is -0.630. The van der Waals surface area contributed by atoms with E-state index in [0.29, 0.717) is 5.92 Å². The molecule has 0 aliphatic carbocycles. The first-order valence-electron chi connectivity index (χ1n) is 4.82. The van der Waals surface area contributed by atoms with Crippen LogP contribution in [0.4, 0.5) is 0 Å². The molecule has 1 aromatic heterocycles. The van der Waals surface area contributed by atoms with Gasteiger partial charge in [0.05, 0.1) is 0 Å². The van der Waals surface area contributed by atoms with Crippen molar-refractivity contribution in [3.63, 3.8) is 0 Å². The van der Waals surface area contributed by atoms with E-state index >= 15 is 0 Å². The molecule has 0 aliphatic heterocycles. The van der Waals surface area contributed by atoms with Crippen molar-refractivity contribution in [3.8, 4) is 0 Å². The quantitative estimate of drug-likeness (QED) is 0.747. The highest BCUT2D eigenvalue weighted by Crippen LogP contribution is 2.16. The van der Waals surface area contributed by atoms with Gasteiger partial charge in [-0.1, -0.05) is 47.5 Å². The van der Waals surface area contributed by atoms with Crippen LogP contribution in [-0.4, -0.2) is 10.3 Å². The molecule has 0 saturated heterocycles. The molecule has 76 valence electrons. The number of hydrogen-bond donors (Lipinski definition) is 0. The summed E-state index contributed by atoms with van der Waals surface area (Å²) in [4.78, 5) is 4.27. The number of nitrogens with zero attached hydrogens (tertiary/aromatic N) is 1. The molecule has 0 fully saturated rings. The molecule has 0 atom stereocenters. The molecule has 0 N–H and O–H groups in total. The van der Waals surface area contributed by atoms with E-state index in [1.54, 1.807) is 0 Å². The second-order valence-corrected chi connectivity index (χ2v) is 4.30. The van der Waals surface area contributed by atoms with Crippen molar-refractivity contribution >= 4 is 22.0 Å². The van der Waals surface area contributed by atoms with Gasteiger partial charge in [0.15, 0.2) is 0 Å². The van der Waals surface area contributed by atoms with Crippen LogP contribution in [0, 0.1) is 12.8 Å². The van der Waals surface area contributed by atoms with Gasteiger partial charge in [0, 0.05) is 17.2 Å². The van der Waals surface area contributed by atoms with Crippen molar-refractivity contribution in [2.75, 3.05) is 5.33 Å². The minimum atomic E-state index is 0.579. The average molecular weight is 254 g/mol. The average Bonchev–Trinajstić information content (AvgIpc) is 2.16. The summed E-state index contributed by atoms with van der Waals surface area (Å²) in [5.41, 5.74) is 3.64. The lowest BCUT2D eigenvalue weighted by atomic mass is 10.0. The standard InChI is InChI=1S/C12H16BrN/c1-9(2)12(7-13)6-11-5-4-10(3)14-8-11/h4-6,8-9H,7H2,1-3H3/b12-6+. The Kier molecular flexibility index (Phi) is 4.33. The lowest BCUT2D eigenvalue weighted by Gasteiger charge is -2.07. The van der Waals surface area contributed by atoms with Gasteiger partial charge in [-0.15, -0.1) is 0 Å². The number of aromatic nitrogens is 1. The topological polar surface area (TPSA) is 12.9 Å². The second-order valence-electron chi connectivity index (χ2n) is 3.74. The summed E-state index contributed by atoms with van der Waals surface area (Å²) in [7, 11) is 0. The maximum Gasteiger partial charge on any atom is 0.0373 e. The Labute approximate surface area is 94.4 Å². The van der Waals surface area contributed by atoms with Gasteiger partial charge < -0.3 is 0 Å². The zero-order chi connectivity index (χ0) is 10.6. The lowest BCUT2D eigenvalue weighted by Crippen LogP contribution is -1.95. The molecular formula is C12H16BrN. The predicted octanol–water partition coefficient (Wildman–Crippen LogP) is 3.82. The van der Waals surface area contributed by atoms with Crippen LogP contribution < -0.4 is 0 Å². The van der Waals surface area contributed by atoms with Crippen LogP contribution in [0.15, 0.2) is 23.9 Å². The van der Waals surface area contributed by atoms with E-state index in [1.165, 1.54) is 11.1 Å². The summed E-state index contributed by atoms with van der Waals surface area (Å²) in [5.74, 6) is 0.579. The molecule has 0 amide bonds. The fourth-order valence-electron chi connectivity index (χ4n) is 1.14. The van der Waals surface area contributed by atoms with E-state index < -0.39 is 0 Å². The van der Waals surface area contributed by atoms with Crippen LogP contribution in [-0.2, 0) is 0 Å². The van der Waals surface area contributed by atoms with Crippen molar-refractivity contribution in [2.45, 2.75) is 20.8 Å². The number of halogens is 1. The molecule has 1 rings (SSSR count). The van der Waals surface area contributed by atoms with Crippen molar-refractivity contribution < 1.29 is 0 Å². The van der Waals surface area contributed by atoms with Gasteiger partial charge in [0.25, 0.3) is 0 Å². The van der Waals surface area contributed by atoms with Crippen molar-refractivity contribution in [3.05, 3.63) is 35.2 Å². The van der Waals surface area contributed by atoms with Gasteiger partial charge in [-0.25, -0.2) is 0 Å². The summed E-state index contributed by atoms with van der Waals surface area (Å²) < 4.78 is 0. The third-order valence-corrected chi connectivity index (χ3v) is 2.83. The molecule has 1 heterocycles. The molecule has 0 radical (unpaired) electrons. The van der Waals surface area contributed by atoms with E-state index in [9.17, 15) is 0 Å². The third-order valence-electron chi connectivity index (χ3n) is 2.18. The Morgan fingerprint density at radius 3 is 2.64 bits per heavy atom. The first kappa shape index (κ1) is 11.4. The van der Waals surface area contributed by atoms with Gasteiger partial charge in [-0.05, 0) is 24.5 Å². The fraction of sp³-hybridized carbons (Fsp3) is 0.417. The molecule has 0 aromatic carbocycles. The number of allylic oxidation sites excluding steroid dienone is 1. The molecular weight excluding hydrogens is 238 g/mol. The summed E-state index contributed by atoms with van der Waals surface area (Å²) >= 11 is 3.50. The van der Waals surface area contributed by atoms with Crippen molar-refractivity contribution in [1.82, 2.24) is 4.98 Å². The molecule has 14 heavy (non-hydrogen) atoms. The van der Waals surface area contributed by atoms with Gasteiger partial charge >= 0.3 is 0 Å². The minimum Gasteiger partial charge on any atom is -0.261 e. The summed E-state index contributed by atoms with van der Waals surface area (Å²) in [6.07, 6.45) is 4.12. The van der Waals surface area contributed by atoms with Crippen LogP contribution in [0.3, 0.4) is 0 Å². The normalized spacial score (nSPS) is 12.2. The molecule has 1 aromatic rings. The number of rotatable bonds is 3. The fourth-order valence-corrected chi connectivity index (χ4v) is 1.95. The maximum atomic E-state index is 4.27. The first-order valence-corrected chi connectivity index (χ1v) is 5.94. The Bertz CT molecular complexity index is 312. The van der Waals surface area contributed by atoms with Crippen molar-refractivity contribution in [2.24, 2.45) is 5.92 Å². The highest BCUT2D eigenvalue weighted by Gasteiger charge is 2.01. The Balaban J connectivity index is 2.89. The predicted molar refractivity (Wildman–Crippen MR) is 65.6 cm³/mol. The highest BCUT2D eigenvalue weighted by molar-refractivity contribution is 9.09. The van der Waals surface area contributed by atoms with Crippen LogP contribution in [0.25, 0.3) is 6.08 Å². The maximum absolute atomic E-state index is 4.27. The largest absolute Gasteiger partial charge is 0.261 e. The minimum absolute atomic E-state index is 0.579. The van der Waals surface area contributed by atoms with Crippen LogP contribution in [0.5, 0.6) is 0 Å². The molecule has 0 unspecified atom stereocenters. The van der Waals surface area contributed by atoms with Crippen LogP contribution >= 0.6 is 15.9 Å². The van der Waals surface area contributed by atoms with Crippen molar-refractivity contribution in [1.29, 1.82) is 0 Å². The third kappa shape index (κ3) is 3.26. The van der Waals surface area contributed by atoms with Gasteiger partial charge in [-0.3, -0.25) is 4.98 Å². The van der Waals surface area contributed by atoms with Crippen LogP contribution in [0.2, 0.25) is 0 Å². The smallest absolute Gasteiger partial charge is 0.0373 e. The number of aryl methyl sites for hydroxylation is 1.